The molecule has 1 aromatic heterocycles. The number of para-hydroxylation sites is 1. The van der Waals surface area contributed by atoms with Crippen molar-refractivity contribution in [1.82, 2.24) is 10.3 Å². The van der Waals surface area contributed by atoms with Crippen LogP contribution < -0.4 is 10.6 Å². The molecular weight excluding hydrogens is 360 g/mol. The maximum Gasteiger partial charge on any atom is 0.251 e. The van der Waals surface area contributed by atoms with Crippen molar-refractivity contribution in [2.24, 2.45) is 0 Å². The second-order valence-electron chi connectivity index (χ2n) is 7.20. The first-order chi connectivity index (χ1) is 13.6. The Hall–Kier alpha value is -3.02. The summed E-state index contributed by atoms with van der Waals surface area (Å²) in [5.41, 5.74) is 2.03. The molecule has 1 aliphatic rings. The van der Waals surface area contributed by atoms with Gasteiger partial charge in [-0.2, -0.15) is 0 Å². The minimum Gasteiger partial charge on any atom is -0.382 e. The third-order valence-corrected chi connectivity index (χ3v) is 5.20. The number of nitrogens with one attached hydrogen (secondary N) is 2. The summed E-state index contributed by atoms with van der Waals surface area (Å²) < 4.78 is 26.6. The van der Waals surface area contributed by atoms with E-state index in [9.17, 15) is 13.6 Å². The predicted molar refractivity (Wildman–Crippen MR) is 105 cm³/mol. The van der Waals surface area contributed by atoms with E-state index in [-0.39, 0.29) is 11.6 Å². The molecule has 0 radical (unpaired) electrons. The molecule has 28 heavy (non-hydrogen) atoms. The Morgan fingerprint density at radius 3 is 2.36 bits per heavy atom. The van der Waals surface area contributed by atoms with Gasteiger partial charge in [-0.15, -0.1) is 0 Å². The van der Waals surface area contributed by atoms with Crippen molar-refractivity contribution in [2.75, 3.05) is 5.32 Å². The van der Waals surface area contributed by atoms with Crippen molar-refractivity contribution in [3.8, 4) is 0 Å². The first-order valence-corrected chi connectivity index (χ1v) is 9.46. The van der Waals surface area contributed by atoms with E-state index in [0.717, 1.165) is 60.5 Å². The highest BCUT2D eigenvalue weighted by Gasteiger charge is 2.23. The number of benzene rings is 2. The van der Waals surface area contributed by atoms with Crippen LogP contribution in [0.3, 0.4) is 0 Å². The fourth-order valence-electron chi connectivity index (χ4n) is 3.78. The van der Waals surface area contributed by atoms with Gasteiger partial charge in [-0.05, 0) is 49.9 Å². The second-order valence-corrected chi connectivity index (χ2v) is 7.20. The molecule has 0 spiro atoms. The monoisotopic (exact) mass is 381 g/mol. The number of rotatable bonds is 4. The lowest BCUT2D eigenvalue weighted by molar-refractivity contribution is 0.0925. The van der Waals surface area contributed by atoms with Crippen molar-refractivity contribution in [3.05, 3.63) is 71.9 Å². The highest BCUT2D eigenvalue weighted by atomic mass is 19.1. The Morgan fingerprint density at radius 2 is 1.61 bits per heavy atom. The van der Waals surface area contributed by atoms with Crippen molar-refractivity contribution in [2.45, 2.75) is 37.8 Å². The molecule has 0 unspecified atom stereocenters. The van der Waals surface area contributed by atoms with Gasteiger partial charge in [-0.1, -0.05) is 18.2 Å². The zero-order valence-corrected chi connectivity index (χ0v) is 15.3. The first-order valence-electron chi connectivity index (χ1n) is 9.46. The number of nitrogens with zero attached hydrogens (tertiary/aromatic N) is 1. The number of carbonyl (C=O) groups is 1. The topological polar surface area (TPSA) is 54.0 Å². The third-order valence-electron chi connectivity index (χ3n) is 5.20. The minimum atomic E-state index is -0.748. The number of halogens is 2. The smallest absolute Gasteiger partial charge is 0.251 e. The van der Waals surface area contributed by atoms with E-state index in [1.54, 1.807) is 6.20 Å². The van der Waals surface area contributed by atoms with E-state index in [1.165, 1.54) is 0 Å². The van der Waals surface area contributed by atoms with Crippen LogP contribution >= 0.6 is 0 Å². The maximum atomic E-state index is 13.3. The molecule has 1 amide bonds. The Bertz CT molecular complexity index is 974. The van der Waals surface area contributed by atoms with Crippen LogP contribution in [0.5, 0.6) is 0 Å². The molecule has 0 aliphatic heterocycles. The number of pyridine rings is 1. The number of hydrogen-bond acceptors (Lipinski definition) is 3. The lowest BCUT2D eigenvalue weighted by atomic mass is 9.90. The Kier molecular flexibility index (Phi) is 5.19. The van der Waals surface area contributed by atoms with Gasteiger partial charge in [-0.25, -0.2) is 8.78 Å². The number of fused-ring (bicyclic) bond motifs is 1. The molecule has 144 valence electrons. The zero-order chi connectivity index (χ0) is 19.5. The van der Waals surface area contributed by atoms with Crippen LogP contribution in [0.1, 0.15) is 36.0 Å². The molecule has 0 atom stereocenters. The van der Waals surface area contributed by atoms with Crippen molar-refractivity contribution in [3.63, 3.8) is 0 Å². The fraction of sp³-hybridized carbons (Fsp3) is 0.273. The molecule has 0 bridgehead atoms. The highest BCUT2D eigenvalue weighted by molar-refractivity contribution is 5.94. The van der Waals surface area contributed by atoms with Crippen LogP contribution in [0.15, 0.2) is 54.7 Å². The van der Waals surface area contributed by atoms with Gasteiger partial charge in [-0.3, -0.25) is 9.78 Å². The van der Waals surface area contributed by atoms with Gasteiger partial charge >= 0.3 is 0 Å². The normalized spacial score (nSPS) is 19.4. The lowest BCUT2D eigenvalue weighted by Crippen LogP contribution is -2.40. The molecule has 4 nitrogen and oxygen atoms in total. The average Bonchev–Trinajstić information content (AvgIpc) is 2.69. The summed E-state index contributed by atoms with van der Waals surface area (Å²) in [6.07, 6.45) is 5.22. The minimum absolute atomic E-state index is 0.00561. The van der Waals surface area contributed by atoms with Crippen LogP contribution in [-0.2, 0) is 0 Å². The van der Waals surface area contributed by atoms with Crippen LogP contribution in [0.25, 0.3) is 10.9 Å². The molecule has 4 rings (SSSR count). The first kappa shape index (κ1) is 18.3. The van der Waals surface area contributed by atoms with Crippen LogP contribution in [0.2, 0.25) is 0 Å². The van der Waals surface area contributed by atoms with Crippen molar-refractivity contribution >= 4 is 22.5 Å². The summed E-state index contributed by atoms with van der Waals surface area (Å²) in [4.78, 5) is 16.6. The van der Waals surface area contributed by atoms with Gasteiger partial charge in [0.2, 0.25) is 0 Å². The molecule has 2 N–H and O–H groups in total. The molecule has 1 fully saturated rings. The van der Waals surface area contributed by atoms with E-state index in [1.807, 2.05) is 24.3 Å². The quantitative estimate of drug-likeness (QED) is 0.691. The van der Waals surface area contributed by atoms with E-state index >= 15 is 0 Å². The standard InChI is InChI=1S/C22H21F2N3O/c23-15-11-14(12-16(24)13-15)22(28)27-18-7-5-17(6-8-18)26-21-9-10-25-20-4-2-1-3-19(20)21/h1-4,9-13,17-18H,5-8H2,(H,25,26)(H,27,28). The highest BCUT2D eigenvalue weighted by Crippen LogP contribution is 2.26. The maximum absolute atomic E-state index is 13.3. The molecule has 6 heteroatoms. The second kappa shape index (κ2) is 7.92. The largest absolute Gasteiger partial charge is 0.382 e. The summed E-state index contributed by atoms with van der Waals surface area (Å²) in [7, 11) is 0. The van der Waals surface area contributed by atoms with E-state index in [2.05, 4.69) is 21.7 Å². The number of aromatic nitrogens is 1. The van der Waals surface area contributed by atoms with E-state index in [0.29, 0.717) is 6.04 Å². The molecule has 1 saturated carbocycles. The number of amides is 1. The van der Waals surface area contributed by atoms with Gasteiger partial charge < -0.3 is 10.6 Å². The number of carbonyl (C=O) groups excluding carboxylic acids is 1. The van der Waals surface area contributed by atoms with Crippen LogP contribution in [0.4, 0.5) is 14.5 Å². The summed E-state index contributed by atoms with van der Waals surface area (Å²) in [6.45, 7) is 0. The van der Waals surface area contributed by atoms with Gasteiger partial charge in [0.1, 0.15) is 11.6 Å². The van der Waals surface area contributed by atoms with Gasteiger partial charge in [0.25, 0.3) is 5.91 Å². The Morgan fingerprint density at radius 1 is 0.929 bits per heavy atom. The summed E-state index contributed by atoms with van der Waals surface area (Å²) >= 11 is 0. The molecule has 1 aliphatic carbocycles. The lowest BCUT2D eigenvalue weighted by Gasteiger charge is -2.30. The van der Waals surface area contributed by atoms with E-state index < -0.39 is 17.5 Å². The average molecular weight is 381 g/mol. The summed E-state index contributed by atoms with van der Waals surface area (Å²) in [6, 6.07) is 13.2. The predicted octanol–water partition coefficient (Wildman–Crippen LogP) is 4.67. The fourth-order valence-corrected chi connectivity index (χ4v) is 3.78. The Balaban J connectivity index is 1.35. The SMILES string of the molecule is O=C(NC1CCC(Nc2ccnc3ccccc23)CC1)c1cc(F)cc(F)c1. The zero-order valence-electron chi connectivity index (χ0n) is 15.3. The summed E-state index contributed by atoms with van der Waals surface area (Å²) in [5, 5.41) is 7.58. The summed E-state index contributed by atoms with van der Waals surface area (Å²) in [5.74, 6) is -1.93. The van der Waals surface area contributed by atoms with Gasteiger partial charge in [0.05, 0.1) is 5.52 Å². The van der Waals surface area contributed by atoms with E-state index in [4.69, 9.17) is 0 Å². The Labute approximate surface area is 162 Å². The number of hydrogen-bond donors (Lipinski definition) is 2. The third kappa shape index (κ3) is 4.11. The van der Waals surface area contributed by atoms with Crippen LogP contribution in [0, 0.1) is 11.6 Å². The van der Waals surface area contributed by atoms with Gasteiger partial charge in [0, 0.05) is 41.0 Å². The molecular formula is C22H21F2N3O. The van der Waals surface area contributed by atoms with Gasteiger partial charge in [0.15, 0.2) is 0 Å². The number of anilines is 1. The van der Waals surface area contributed by atoms with Crippen molar-refractivity contribution in [1.29, 1.82) is 0 Å². The molecule has 2 aromatic carbocycles. The molecule has 1 heterocycles. The molecule has 3 aromatic rings. The van der Waals surface area contributed by atoms with Crippen LogP contribution in [-0.4, -0.2) is 23.0 Å². The molecule has 0 saturated heterocycles. The van der Waals surface area contributed by atoms with Crippen molar-refractivity contribution < 1.29 is 13.6 Å².